The van der Waals surface area contributed by atoms with E-state index in [-0.39, 0.29) is 41.8 Å². The largest absolute Gasteiger partial charge is 0.508 e. The molecule has 4 nitrogen and oxygen atoms in total. The Bertz CT molecular complexity index is 741. The van der Waals surface area contributed by atoms with Crippen LogP contribution < -0.4 is 4.74 Å². The summed E-state index contributed by atoms with van der Waals surface area (Å²) in [5.41, 5.74) is 0.448. The molecule has 0 aromatic heterocycles. The number of hydrogen-bond donors (Lipinski definition) is 3. The number of rotatable bonds is 1. The number of aromatic hydroxyl groups is 2. The van der Waals surface area contributed by atoms with E-state index in [9.17, 15) is 24.1 Å². The van der Waals surface area contributed by atoms with E-state index in [0.717, 1.165) is 6.07 Å². The van der Waals surface area contributed by atoms with Gasteiger partial charge in [0.05, 0.1) is 0 Å². The Hall–Kier alpha value is -2.24. The smallest absolute Gasteiger partial charge is 0.249 e. The maximum Gasteiger partial charge on any atom is 0.249 e. The molecule has 4 atom stereocenters. The van der Waals surface area contributed by atoms with Gasteiger partial charge in [0.25, 0.3) is 0 Å². The number of phenols is 2. The van der Waals surface area contributed by atoms with Crippen molar-refractivity contribution in [2.75, 3.05) is 0 Å². The predicted molar refractivity (Wildman–Crippen MR) is 82.6 cm³/mol. The molecule has 1 unspecified atom stereocenters. The molecule has 1 aliphatic heterocycles. The van der Waals surface area contributed by atoms with Crippen LogP contribution in [0, 0.1) is 11.8 Å². The summed E-state index contributed by atoms with van der Waals surface area (Å²) in [6.07, 6.45) is 4.36. The highest BCUT2D eigenvalue weighted by atomic mass is 19.3. The van der Waals surface area contributed by atoms with Gasteiger partial charge in [0.2, 0.25) is 5.92 Å². The van der Waals surface area contributed by atoms with E-state index in [1.54, 1.807) is 18.2 Å². The van der Waals surface area contributed by atoms with Crippen molar-refractivity contribution in [3.05, 3.63) is 41.7 Å². The molecule has 24 heavy (non-hydrogen) atoms. The molecule has 1 fully saturated rings. The Kier molecular flexibility index (Phi) is 3.27. The molecule has 2 aliphatic carbocycles. The van der Waals surface area contributed by atoms with E-state index >= 15 is 0 Å². The first-order valence-corrected chi connectivity index (χ1v) is 8.02. The van der Waals surface area contributed by atoms with E-state index in [1.807, 2.05) is 0 Å². The average molecular weight is 336 g/mol. The average Bonchev–Trinajstić information content (AvgIpc) is 2.83. The molecule has 0 spiro atoms. The standard InChI is InChI=1S/C18H18F2O4/c19-18(20)7-13-12-5-11(22)6-15(23)17(12)24-16(14(13)8-18)9-1-3-10(21)4-2-9/h1,3-6,9,13-14,16,21-23H,2,7-8H2/t9?,13-,14-,16-/m0/s1. The monoisotopic (exact) mass is 336 g/mol. The topological polar surface area (TPSA) is 69.9 Å². The van der Waals surface area contributed by atoms with E-state index in [0.29, 0.717) is 12.0 Å². The summed E-state index contributed by atoms with van der Waals surface area (Å²) in [4.78, 5) is 0. The van der Waals surface area contributed by atoms with Crippen LogP contribution in [0.3, 0.4) is 0 Å². The number of aliphatic hydroxyl groups excluding tert-OH is 1. The quantitative estimate of drug-likeness (QED) is 0.725. The zero-order valence-electron chi connectivity index (χ0n) is 12.8. The van der Waals surface area contributed by atoms with Gasteiger partial charge in [0.15, 0.2) is 11.5 Å². The van der Waals surface area contributed by atoms with Gasteiger partial charge in [-0.25, -0.2) is 8.78 Å². The van der Waals surface area contributed by atoms with Gasteiger partial charge in [-0.1, -0.05) is 6.08 Å². The van der Waals surface area contributed by atoms with Gasteiger partial charge in [0.1, 0.15) is 17.6 Å². The third-order valence-corrected chi connectivity index (χ3v) is 5.26. The maximum atomic E-state index is 14.1. The second-order valence-corrected chi connectivity index (χ2v) is 6.89. The first kappa shape index (κ1) is 15.3. The van der Waals surface area contributed by atoms with Crippen molar-refractivity contribution in [2.45, 2.75) is 37.2 Å². The Morgan fingerprint density at radius 3 is 2.62 bits per heavy atom. The van der Waals surface area contributed by atoms with Crippen LogP contribution >= 0.6 is 0 Å². The van der Waals surface area contributed by atoms with Crippen molar-refractivity contribution >= 4 is 0 Å². The fraction of sp³-hybridized carbons (Fsp3) is 0.444. The van der Waals surface area contributed by atoms with Crippen molar-refractivity contribution in [3.8, 4) is 17.2 Å². The first-order valence-electron chi connectivity index (χ1n) is 8.02. The number of hydrogen-bond acceptors (Lipinski definition) is 4. The van der Waals surface area contributed by atoms with E-state index in [2.05, 4.69) is 0 Å². The number of halogens is 2. The van der Waals surface area contributed by atoms with Crippen molar-refractivity contribution in [1.29, 1.82) is 0 Å². The summed E-state index contributed by atoms with van der Waals surface area (Å²) in [6.45, 7) is 0. The van der Waals surface area contributed by atoms with Crippen LogP contribution in [0.2, 0.25) is 0 Å². The van der Waals surface area contributed by atoms with Crippen LogP contribution in [-0.2, 0) is 0 Å². The number of benzene rings is 1. The summed E-state index contributed by atoms with van der Waals surface area (Å²) in [6, 6.07) is 2.57. The molecular weight excluding hydrogens is 318 g/mol. The van der Waals surface area contributed by atoms with Gasteiger partial charge in [-0.05, 0) is 24.6 Å². The second kappa shape index (κ2) is 5.13. The van der Waals surface area contributed by atoms with Crippen LogP contribution in [0.5, 0.6) is 17.2 Å². The fourth-order valence-electron chi connectivity index (χ4n) is 4.25. The lowest BCUT2D eigenvalue weighted by molar-refractivity contribution is -0.00605. The van der Waals surface area contributed by atoms with Crippen LogP contribution in [-0.4, -0.2) is 27.3 Å². The zero-order valence-corrected chi connectivity index (χ0v) is 12.8. The summed E-state index contributed by atoms with van der Waals surface area (Å²) in [5, 5.41) is 29.3. The SMILES string of the molecule is OC1=CCC([C@@H]2Oc3c(O)cc(O)cc3[C@@H]3CC(F)(F)C[C@@H]32)C=C1. The van der Waals surface area contributed by atoms with Crippen molar-refractivity contribution < 1.29 is 28.8 Å². The zero-order chi connectivity index (χ0) is 17.1. The molecule has 0 saturated heterocycles. The van der Waals surface area contributed by atoms with Crippen LogP contribution in [0.4, 0.5) is 8.78 Å². The number of fused-ring (bicyclic) bond motifs is 3. The van der Waals surface area contributed by atoms with E-state index in [1.165, 1.54) is 6.07 Å². The molecule has 1 heterocycles. The number of alkyl halides is 2. The Labute approximate surface area is 137 Å². The third kappa shape index (κ3) is 2.41. The minimum Gasteiger partial charge on any atom is -0.508 e. The van der Waals surface area contributed by atoms with E-state index in [4.69, 9.17) is 4.74 Å². The summed E-state index contributed by atoms with van der Waals surface area (Å²) in [5.74, 6) is -3.88. The van der Waals surface area contributed by atoms with Gasteiger partial charge in [0, 0.05) is 42.2 Å². The molecule has 4 rings (SSSR count). The van der Waals surface area contributed by atoms with Gasteiger partial charge < -0.3 is 20.1 Å². The van der Waals surface area contributed by atoms with Crippen molar-refractivity contribution in [1.82, 2.24) is 0 Å². The maximum absolute atomic E-state index is 14.1. The number of allylic oxidation sites excluding steroid dienone is 2. The van der Waals surface area contributed by atoms with Crippen LogP contribution in [0.15, 0.2) is 36.1 Å². The summed E-state index contributed by atoms with van der Waals surface area (Å²) < 4.78 is 34.1. The van der Waals surface area contributed by atoms with Crippen molar-refractivity contribution in [3.63, 3.8) is 0 Å². The molecule has 128 valence electrons. The predicted octanol–water partition coefficient (Wildman–Crippen LogP) is 4.01. The molecule has 0 amide bonds. The molecule has 0 radical (unpaired) electrons. The molecule has 1 saturated carbocycles. The Morgan fingerprint density at radius 1 is 1.12 bits per heavy atom. The third-order valence-electron chi connectivity index (χ3n) is 5.26. The van der Waals surface area contributed by atoms with Crippen LogP contribution in [0.25, 0.3) is 0 Å². The minimum atomic E-state index is -2.80. The van der Waals surface area contributed by atoms with Gasteiger partial charge in [-0.15, -0.1) is 0 Å². The minimum absolute atomic E-state index is 0.149. The molecule has 6 heteroatoms. The normalized spacial score (nSPS) is 33.3. The molecule has 1 aromatic rings. The Morgan fingerprint density at radius 2 is 1.92 bits per heavy atom. The fourth-order valence-corrected chi connectivity index (χ4v) is 4.25. The summed E-state index contributed by atoms with van der Waals surface area (Å²) in [7, 11) is 0. The second-order valence-electron chi connectivity index (χ2n) is 6.89. The highest BCUT2D eigenvalue weighted by Gasteiger charge is 2.54. The molecule has 1 aromatic carbocycles. The lowest BCUT2D eigenvalue weighted by atomic mass is 9.76. The lowest BCUT2D eigenvalue weighted by Gasteiger charge is -2.39. The van der Waals surface area contributed by atoms with Crippen LogP contribution in [0.1, 0.15) is 30.7 Å². The van der Waals surface area contributed by atoms with Gasteiger partial charge in [-0.3, -0.25) is 0 Å². The van der Waals surface area contributed by atoms with Gasteiger partial charge >= 0.3 is 0 Å². The van der Waals surface area contributed by atoms with Crippen molar-refractivity contribution in [2.24, 2.45) is 11.8 Å². The first-order chi connectivity index (χ1) is 11.3. The molecule has 0 bridgehead atoms. The lowest BCUT2D eigenvalue weighted by Crippen LogP contribution is -2.39. The number of phenolic OH excluding ortho intramolecular Hbond substituents is 2. The molecule has 3 aliphatic rings. The molecular formula is C18H18F2O4. The highest BCUT2D eigenvalue weighted by molar-refractivity contribution is 5.54. The number of aliphatic hydroxyl groups is 1. The number of ether oxygens (including phenoxy) is 1. The van der Waals surface area contributed by atoms with Gasteiger partial charge in [-0.2, -0.15) is 0 Å². The molecule has 3 N–H and O–H groups in total. The Balaban J connectivity index is 1.76. The highest BCUT2D eigenvalue weighted by Crippen LogP contribution is 2.58. The van der Waals surface area contributed by atoms with E-state index < -0.39 is 23.9 Å². The summed E-state index contributed by atoms with van der Waals surface area (Å²) >= 11 is 0.